The normalized spacial score (nSPS) is 21.3. The zero-order chi connectivity index (χ0) is 33.2. The van der Waals surface area contributed by atoms with Gasteiger partial charge in [-0.2, -0.15) is 0 Å². The highest BCUT2D eigenvalue weighted by Gasteiger charge is 2.38. The van der Waals surface area contributed by atoms with Gasteiger partial charge in [0.25, 0.3) is 0 Å². The molecule has 10 heteroatoms. The molecule has 0 amide bonds. The zero-order valence-electron chi connectivity index (χ0n) is 30.7. The van der Waals surface area contributed by atoms with E-state index in [0.717, 1.165) is 78.0 Å². The second-order valence-electron chi connectivity index (χ2n) is 15.9. The van der Waals surface area contributed by atoms with Crippen molar-refractivity contribution in [3.8, 4) is 0 Å². The number of nitrogens with one attached hydrogen (secondary N) is 5. The minimum atomic E-state index is -1.41. The smallest absolute Gasteiger partial charge is 0.186 e. The molecule has 0 aromatic heterocycles. The van der Waals surface area contributed by atoms with Gasteiger partial charge in [-0.3, -0.25) is 0 Å². The molecule has 0 aromatic carbocycles. The molecular weight excluding hydrogens is 554 g/mol. The van der Waals surface area contributed by atoms with Gasteiger partial charge in [-0.15, -0.1) is 0 Å². The first-order valence-electron chi connectivity index (χ1n) is 17.1. The van der Waals surface area contributed by atoms with Gasteiger partial charge in [-0.1, -0.05) is 0 Å². The summed E-state index contributed by atoms with van der Waals surface area (Å²) >= 11 is 0. The molecule has 9 nitrogen and oxygen atoms in total. The Morgan fingerprint density at radius 1 is 0.698 bits per heavy atom. The van der Waals surface area contributed by atoms with E-state index in [0.29, 0.717) is 12.1 Å². The van der Waals surface area contributed by atoms with E-state index in [-0.39, 0.29) is 22.2 Å². The van der Waals surface area contributed by atoms with Crippen LogP contribution in [0.3, 0.4) is 0 Å². The first-order chi connectivity index (χ1) is 19.8. The van der Waals surface area contributed by atoms with Crippen molar-refractivity contribution < 1.29 is 9.16 Å². The molecule has 0 aromatic rings. The Balaban J connectivity index is 0.000000644. The van der Waals surface area contributed by atoms with E-state index in [1.807, 2.05) is 7.11 Å². The fourth-order valence-electron chi connectivity index (χ4n) is 6.60. The molecule has 0 saturated carbocycles. The average Bonchev–Trinajstić information content (AvgIpc) is 2.85. The summed E-state index contributed by atoms with van der Waals surface area (Å²) in [5, 5.41) is 17.3. The third-order valence-corrected chi connectivity index (χ3v) is 10.8. The van der Waals surface area contributed by atoms with Crippen molar-refractivity contribution in [2.24, 2.45) is 11.5 Å². The lowest BCUT2D eigenvalue weighted by Crippen LogP contribution is -2.61. The van der Waals surface area contributed by atoms with Crippen molar-refractivity contribution in [2.45, 2.75) is 154 Å². The highest BCUT2D eigenvalue weighted by molar-refractivity contribution is 6.71. The van der Waals surface area contributed by atoms with Gasteiger partial charge in [0.15, 0.2) is 8.32 Å². The van der Waals surface area contributed by atoms with Crippen LogP contribution in [0.1, 0.15) is 100 Å². The standard InChI is InChI=1S/C15H33NO2Si.C10H22N2.C8H22N4/c1-14(2)11-13(12-15(3,4)16-14)18-9-8-10-19(6,7)17-5;1-9(2)6-8(11-5)7-10(3,4)12-9;9-3-1-5-11-7-8-12-6-2-4-10/h13,16H,8-12H2,1-7H3;8,11-12H,6-7H2,1-5H3;11-12H,1-10H2. The van der Waals surface area contributed by atoms with E-state index in [2.05, 4.69) is 102 Å². The van der Waals surface area contributed by atoms with E-state index in [1.165, 1.54) is 18.9 Å². The topological polar surface area (TPSA) is 131 Å². The van der Waals surface area contributed by atoms with Crippen LogP contribution < -0.4 is 38.1 Å². The quantitative estimate of drug-likeness (QED) is 0.100. The molecule has 0 spiro atoms. The minimum absolute atomic E-state index is 0.174. The predicted octanol–water partition coefficient (Wildman–Crippen LogP) is 3.93. The van der Waals surface area contributed by atoms with Crippen molar-refractivity contribution in [3.63, 3.8) is 0 Å². The molecule has 0 bridgehead atoms. The van der Waals surface area contributed by atoms with Gasteiger partial charge in [0.05, 0.1) is 6.10 Å². The van der Waals surface area contributed by atoms with Crippen molar-refractivity contribution >= 4 is 8.32 Å². The van der Waals surface area contributed by atoms with Gasteiger partial charge in [-0.25, -0.2) is 0 Å². The van der Waals surface area contributed by atoms with Crippen LogP contribution in [-0.4, -0.2) is 103 Å². The molecule has 0 atom stereocenters. The number of hydrogen-bond acceptors (Lipinski definition) is 9. The van der Waals surface area contributed by atoms with Crippen LogP contribution in [0.15, 0.2) is 0 Å². The lowest BCUT2D eigenvalue weighted by atomic mass is 9.80. The summed E-state index contributed by atoms with van der Waals surface area (Å²) in [6, 6.07) is 1.84. The third-order valence-electron chi connectivity index (χ3n) is 8.17. The zero-order valence-corrected chi connectivity index (χ0v) is 31.7. The molecule has 0 aliphatic carbocycles. The second kappa shape index (κ2) is 20.9. The first-order valence-corrected chi connectivity index (χ1v) is 20.2. The Hall–Kier alpha value is -0.143. The molecule has 0 unspecified atom stereocenters. The number of rotatable bonds is 16. The van der Waals surface area contributed by atoms with Gasteiger partial charge in [-0.05, 0) is 153 Å². The van der Waals surface area contributed by atoms with Crippen molar-refractivity contribution in [2.75, 3.05) is 60.0 Å². The second-order valence-corrected chi connectivity index (χ2v) is 20.4. The molecule has 43 heavy (non-hydrogen) atoms. The Labute approximate surface area is 269 Å². The van der Waals surface area contributed by atoms with Gasteiger partial charge >= 0.3 is 0 Å². The predicted molar refractivity (Wildman–Crippen MR) is 191 cm³/mol. The third kappa shape index (κ3) is 22.9. The fourth-order valence-corrected chi connectivity index (χ4v) is 7.80. The highest BCUT2D eigenvalue weighted by atomic mass is 28.4. The first kappa shape index (κ1) is 42.9. The summed E-state index contributed by atoms with van der Waals surface area (Å²) in [5.41, 5.74) is 11.6. The Morgan fingerprint density at radius 3 is 1.49 bits per heavy atom. The molecule has 2 aliphatic heterocycles. The molecule has 260 valence electrons. The van der Waals surface area contributed by atoms with E-state index >= 15 is 0 Å². The number of hydrogen-bond donors (Lipinski definition) is 7. The van der Waals surface area contributed by atoms with Crippen LogP contribution >= 0.6 is 0 Å². The molecular formula is C33H77N7O2Si. The number of nitrogens with two attached hydrogens (primary N) is 2. The van der Waals surface area contributed by atoms with Crippen LogP contribution in [0.4, 0.5) is 0 Å². The van der Waals surface area contributed by atoms with Crippen LogP contribution in [0.2, 0.25) is 19.1 Å². The van der Waals surface area contributed by atoms with E-state index in [9.17, 15) is 0 Å². The van der Waals surface area contributed by atoms with Gasteiger partial charge < -0.3 is 47.2 Å². The monoisotopic (exact) mass is 632 g/mol. The maximum atomic E-state index is 6.12. The molecule has 9 N–H and O–H groups in total. The van der Waals surface area contributed by atoms with E-state index in [1.54, 1.807) is 0 Å². The van der Waals surface area contributed by atoms with Crippen molar-refractivity contribution in [3.05, 3.63) is 0 Å². The Bertz CT molecular complexity index is 663. The fraction of sp³-hybridized carbons (Fsp3) is 1.00. The van der Waals surface area contributed by atoms with Crippen molar-refractivity contribution in [1.82, 2.24) is 26.6 Å². The van der Waals surface area contributed by atoms with Gasteiger partial charge in [0.2, 0.25) is 0 Å². The molecule has 2 fully saturated rings. The molecule has 2 aliphatic rings. The maximum absolute atomic E-state index is 6.12. The Kier molecular flexibility index (Phi) is 20.8. The summed E-state index contributed by atoms with van der Waals surface area (Å²) in [7, 11) is 2.48. The Morgan fingerprint density at radius 2 is 1.12 bits per heavy atom. The summed E-state index contributed by atoms with van der Waals surface area (Å²) in [4.78, 5) is 0. The molecule has 0 radical (unpaired) electrons. The lowest BCUT2D eigenvalue weighted by molar-refractivity contribution is -0.0215. The van der Waals surface area contributed by atoms with Crippen LogP contribution in [0.5, 0.6) is 0 Å². The summed E-state index contributed by atoms with van der Waals surface area (Å²) in [6.07, 6.45) is 8.25. The summed E-state index contributed by atoms with van der Waals surface area (Å²) < 4.78 is 11.7. The van der Waals surface area contributed by atoms with Gasteiger partial charge in [0, 0.05) is 55.0 Å². The number of piperidine rings is 2. The lowest BCUT2D eigenvalue weighted by Gasteiger charge is -2.46. The van der Waals surface area contributed by atoms with Crippen LogP contribution in [0, 0.1) is 0 Å². The van der Waals surface area contributed by atoms with Gasteiger partial charge in [0.1, 0.15) is 0 Å². The molecule has 2 saturated heterocycles. The SMILES string of the molecule is CNC1CC(C)(C)NC(C)(C)C1.CO[Si](C)(C)CCCOC1CC(C)(C)NC(C)(C)C1.NCCCNCCNCCCN. The summed E-state index contributed by atoms with van der Waals surface area (Å²) in [6.45, 7) is 29.2. The largest absolute Gasteiger partial charge is 0.420 e. The highest BCUT2D eigenvalue weighted by Crippen LogP contribution is 2.31. The van der Waals surface area contributed by atoms with Crippen LogP contribution in [0.25, 0.3) is 0 Å². The van der Waals surface area contributed by atoms with E-state index in [4.69, 9.17) is 20.6 Å². The molecule has 2 rings (SSSR count). The van der Waals surface area contributed by atoms with Crippen LogP contribution in [-0.2, 0) is 9.16 Å². The van der Waals surface area contributed by atoms with E-state index < -0.39 is 8.32 Å². The number of ether oxygens (including phenoxy) is 1. The van der Waals surface area contributed by atoms with Crippen molar-refractivity contribution in [1.29, 1.82) is 0 Å². The minimum Gasteiger partial charge on any atom is -0.420 e. The molecule has 2 heterocycles. The maximum Gasteiger partial charge on any atom is 0.186 e. The average molecular weight is 632 g/mol. The summed E-state index contributed by atoms with van der Waals surface area (Å²) in [5.74, 6) is 0.